The number of hydrogen-bond acceptors (Lipinski definition) is 3. The maximum absolute atomic E-state index is 8.48. The summed E-state index contributed by atoms with van der Waals surface area (Å²) in [7, 11) is 1.61. The van der Waals surface area contributed by atoms with Crippen molar-refractivity contribution in [1.82, 2.24) is 20.0 Å². The molecule has 0 aromatic carbocycles. The Morgan fingerprint density at radius 1 is 1.59 bits per heavy atom. The molecule has 6 nitrogen and oxygen atoms in total. The highest BCUT2D eigenvalue weighted by atomic mass is 15.2. The molecule has 0 radical (unpaired) electrons. The van der Waals surface area contributed by atoms with E-state index in [4.69, 9.17) is 5.26 Å². The fraction of sp³-hybridized carbons (Fsp3) is 0.182. The number of imidazole rings is 1. The van der Waals surface area contributed by atoms with E-state index in [2.05, 4.69) is 20.6 Å². The van der Waals surface area contributed by atoms with E-state index >= 15 is 0 Å². The summed E-state index contributed by atoms with van der Waals surface area (Å²) in [6.07, 6.45) is 5.68. The van der Waals surface area contributed by atoms with Crippen molar-refractivity contribution in [3.8, 4) is 6.19 Å². The lowest BCUT2D eigenvalue weighted by Gasteiger charge is -2.03. The van der Waals surface area contributed by atoms with Gasteiger partial charge in [0.1, 0.15) is 5.65 Å². The monoisotopic (exact) mass is 228 g/mol. The van der Waals surface area contributed by atoms with Crippen molar-refractivity contribution >= 4 is 11.6 Å². The van der Waals surface area contributed by atoms with E-state index in [9.17, 15) is 0 Å². The second-order valence-electron chi connectivity index (χ2n) is 3.36. The van der Waals surface area contributed by atoms with E-state index in [1.165, 1.54) is 0 Å². The van der Waals surface area contributed by atoms with E-state index in [1.54, 1.807) is 7.05 Å². The number of aliphatic imine (C=N–C) groups is 1. The van der Waals surface area contributed by atoms with Gasteiger partial charge >= 0.3 is 0 Å². The quantitative estimate of drug-likeness (QED) is 0.339. The Balaban J connectivity index is 2.07. The van der Waals surface area contributed by atoms with Gasteiger partial charge in [0, 0.05) is 19.4 Å². The van der Waals surface area contributed by atoms with E-state index in [1.807, 2.05) is 41.2 Å². The molecule has 2 aromatic heterocycles. The van der Waals surface area contributed by atoms with Crippen molar-refractivity contribution in [1.29, 1.82) is 5.26 Å². The van der Waals surface area contributed by atoms with Gasteiger partial charge in [0.05, 0.1) is 12.2 Å². The predicted octanol–water partition coefficient (Wildman–Crippen LogP) is 0.480. The first-order valence-electron chi connectivity index (χ1n) is 5.12. The molecule has 0 aliphatic carbocycles. The van der Waals surface area contributed by atoms with Crippen LogP contribution in [0.25, 0.3) is 5.65 Å². The van der Waals surface area contributed by atoms with Gasteiger partial charge in [-0.3, -0.25) is 10.3 Å². The normalized spacial score (nSPS) is 11.2. The maximum atomic E-state index is 8.48. The SMILES string of the molecule is CN=C(NC#N)NCc1cn2ccccc2n1. The number of nitrogens with zero attached hydrogens (tertiary/aromatic N) is 4. The van der Waals surface area contributed by atoms with Gasteiger partial charge in [0.2, 0.25) is 5.96 Å². The Labute approximate surface area is 98.6 Å². The summed E-state index contributed by atoms with van der Waals surface area (Å²) in [5.74, 6) is 0.435. The number of guanidine groups is 1. The minimum absolute atomic E-state index is 0.435. The third-order valence-corrected chi connectivity index (χ3v) is 2.25. The smallest absolute Gasteiger partial charge is 0.204 e. The zero-order chi connectivity index (χ0) is 12.1. The fourth-order valence-electron chi connectivity index (χ4n) is 1.48. The predicted molar refractivity (Wildman–Crippen MR) is 64.1 cm³/mol. The van der Waals surface area contributed by atoms with E-state index in [0.717, 1.165) is 11.3 Å². The number of nitrogens with one attached hydrogen (secondary N) is 2. The van der Waals surface area contributed by atoms with Gasteiger partial charge in [0.25, 0.3) is 0 Å². The van der Waals surface area contributed by atoms with Crippen molar-refractivity contribution < 1.29 is 0 Å². The Hall–Kier alpha value is -2.55. The van der Waals surface area contributed by atoms with Gasteiger partial charge in [-0.25, -0.2) is 4.98 Å². The molecule has 0 fully saturated rings. The number of rotatable bonds is 2. The van der Waals surface area contributed by atoms with Crippen LogP contribution in [0.5, 0.6) is 0 Å². The molecule has 6 heteroatoms. The zero-order valence-electron chi connectivity index (χ0n) is 9.38. The molecule has 0 atom stereocenters. The molecule has 0 saturated carbocycles. The van der Waals surface area contributed by atoms with Crippen LogP contribution in [0, 0.1) is 11.5 Å². The number of pyridine rings is 1. The van der Waals surface area contributed by atoms with Crippen LogP contribution in [-0.4, -0.2) is 22.4 Å². The number of aromatic nitrogens is 2. The van der Waals surface area contributed by atoms with Crippen molar-refractivity contribution in [3.05, 3.63) is 36.3 Å². The number of hydrogen-bond donors (Lipinski definition) is 2. The minimum atomic E-state index is 0.435. The van der Waals surface area contributed by atoms with Gasteiger partial charge in [-0.15, -0.1) is 0 Å². The Morgan fingerprint density at radius 3 is 3.18 bits per heavy atom. The molecule has 0 amide bonds. The fourth-order valence-corrected chi connectivity index (χ4v) is 1.48. The van der Waals surface area contributed by atoms with Crippen LogP contribution < -0.4 is 10.6 Å². The van der Waals surface area contributed by atoms with Crippen LogP contribution in [0.15, 0.2) is 35.6 Å². The second-order valence-corrected chi connectivity index (χ2v) is 3.36. The van der Waals surface area contributed by atoms with Crippen LogP contribution >= 0.6 is 0 Å². The Morgan fingerprint density at radius 2 is 2.47 bits per heavy atom. The highest BCUT2D eigenvalue weighted by Crippen LogP contribution is 2.03. The van der Waals surface area contributed by atoms with Gasteiger partial charge < -0.3 is 9.72 Å². The molecule has 0 saturated heterocycles. The van der Waals surface area contributed by atoms with Crippen molar-refractivity contribution in [2.75, 3.05) is 7.05 Å². The molecule has 0 spiro atoms. The van der Waals surface area contributed by atoms with Gasteiger partial charge in [0.15, 0.2) is 6.19 Å². The highest BCUT2D eigenvalue weighted by Gasteiger charge is 2.01. The largest absolute Gasteiger partial charge is 0.350 e. The third kappa shape index (κ3) is 2.52. The second kappa shape index (κ2) is 4.99. The molecule has 0 aliphatic heterocycles. The van der Waals surface area contributed by atoms with Gasteiger partial charge in [-0.05, 0) is 12.1 Å². The van der Waals surface area contributed by atoms with Crippen LogP contribution in [0.4, 0.5) is 0 Å². The minimum Gasteiger partial charge on any atom is -0.350 e. The van der Waals surface area contributed by atoms with Crippen LogP contribution in [-0.2, 0) is 6.54 Å². The Bertz CT molecular complexity index is 544. The standard InChI is InChI=1S/C11H12N6/c1-13-11(15-8-12)14-6-9-7-17-5-3-2-4-10(17)16-9/h2-5,7H,6H2,1H3,(H2,13,14,15). The molecular weight excluding hydrogens is 216 g/mol. The maximum Gasteiger partial charge on any atom is 0.204 e. The summed E-state index contributed by atoms with van der Waals surface area (Å²) >= 11 is 0. The summed E-state index contributed by atoms with van der Waals surface area (Å²) in [4.78, 5) is 8.30. The van der Waals surface area contributed by atoms with Crippen molar-refractivity contribution in [2.24, 2.45) is 4.99 Å². The summed E-state index contributed by atoms with van der Waals surface area (Å²) in [5.41, 5.74) is 1.78. The molecule has 2 heterocycles. The average Bonchev–Trinajstić information content (AvgIpc) is 2.77. The van der Waals surface area contributed by atoms with Crippen molar-refractivity contribution in [2.45, 2.75) is 6.54 Å². The first kappa shape index (κ1) is 11.0. The third-order valence-electron chi connectivity index (χ3n) is 2.25. The summed E-state index contributed by atoms with van der Waals surface area (Å²) in [6.45, 7) is 0.517. The van der Waals surface area contributed by atoms with Crippen LogP contribution in [0.2, 0.25) is 0 Å². The summed E-state index contributed by atoms with van der Waals surface area (Å²) in [6, 6.07) is 5.82. The summed E-state index contributed by atoms with van der Waals surface area (Å²) < 4.78 is 1.94. The first-order chi connectivity index (χ1) is 8.33. The van der Waals surface area contributed by atoms with Gasteiger partial charge in [-0.1, -0.05) is 6.07 Å². The molecule has 0 aliphatic rings. The lowest BCUT2D eigenvalue weighted by atomic mass is 10.5. The number of fused-ring (bicyclic) bond motifs is 1. The lowest BCUT2D eigenvalue weighted by molar-refractivity contribution is 0.856. The highest BCUT2D eigenvalue weighted by molar-refractivity contribution is 5.80. The molecule has 2 rings (SSSR count). The van der Waals surface area contributed by atoms with E-state index < -0.39 is 0 Å². The topological polar surface area (TPSA) is 77.5 Å². The van der Waals surface area contributed by atoms with Crippen molar-refractivity contribution in [3.63, 3.8) is 0 Å². The molecule has 0 bridgehead atoms. The molecule has 86 valence electrons. The zero-order valence-corrected chi connectivity index (χ0v) is 9.38. The molecular formula is C11H12N6. The molecule has 0 unspecified atom stereocenters. The van der Waals surface area contributed by atoms with Gasteiger partial charge in [-0.2, -0.15) is 5.26 Å². The van der Waals surface area contributed by atoms with Crippen LogP contribution in [0.1, 0.15) is 5.69 Å². The molecule has 2 aromatic rings. The van der Waals surface area contributed by atoms with E-state index in [0.29, 0.717) is 12.5 Å². The average molecular weight is 228 g/mol. The first-order valence-corrected chi connectivity index (χ1v) is 5.12. The number of nitriles is 1. The van der Waals surface area contributed by atoms with Crippen LogP contribution in [0.3, 0.4) is 0 Å². The summed E-state index contributed by atoms with van der Waals surface area (Å²) in [5, 5.41) is 13.9. The Kier molecular flexibility index (Phi) is 3.21. The molecule has 17 heavy (non-hydrogen) atoms. The molecule has 2 N–H and O–H groups in total. The lowest BCUT2D eigenvalue weighted by Crippen LogP contribution is -2.33. The van der Waals surface area contributed by atoms with E-state index in [-0.39, 0.29) is 0 Å².